The lowest BCUT2D eigenvalue weighted by Gasteiger charge is -2.29. The molecule has 148 valence electrons. The Morgan fingerprint density at radius 1 is 1.25 bits per heavy atom. The minimum atomic E-state index is -0.636. The van der Waals surface area contributed by atoms with Crippen molar-refractivity contribution in [3.63, 3.8) is 0 Å². The zero-order chi connectivity index (χ0) is 20.1. The minimum absolute atomic E-state index is 0.00657. The van der Waals surface area contributed by atoms with Gasteiger partial charge in [0.15, 0.2) is 5.78 Å². The third kappa shape index (κ3) is 3.46. The Labute approximate surface area is 170 Å². The van der Waals surface area contributed by atoms with Crippen LogP contribution in [-0.4, -0.2) is 28.6 Å². The van der Waals surface area contributed by atoms with Gasteiger partial charge in [0, 0.05) is 27.1 Å². The summed E-state index contributed by atoms with van der Waals surface area (Å²) in [7, 11) is 0. The van der Waals surface area contributed by atoms with Gasteiger partial charge in [-0.15, -0.1) is 11.3 Å². The third-order valence-electron chi connectivity index (χ3n) is 5.33. The van der Waals surface area contributed by atoms with Crippen molar-refractivity contribution in [2.24, 2.45) is 4.99 Å². The molecule has 0 saturated carbocycles. The molecule has 1 aliphatic heterocycles. The molecular formula is C23H28N2O2S. The zero-order valence-electron chi connectivity index (χ0n) is 17.4. The Kier molecular flexibility index (Phi) is 5.00. The summed E-state index contributed by atoms with van der Waals surface area (Å²) in [6, 6.07) is 0. The second-order valence-corrected chi connectivity index (χ2v) is 9.81. The number of carbonyl (C=O) groups is 1. The molecule has 2 aromatic heterocycles. The molecule has 1 atom stereocenters. The van der Waals surface area contributed by atoms with Crippen LogP contribution in [0.2, 0.25) is 0 Å². The smallest absolute Gasteiger partial charge is 0.163 e. The molecule has 4 nitrogen and oxygen atoms in total. The van der Waals surface area contributed by atoms with Crippen molar-refractivity contribution < 1.29 is 9.53 Å². The number of fused-ring (bicyclic) bond motifs is 3. The monoisotopic (exact) mass is 396 g/mol. The average Bonchev–Trinajstić information content (AvgIpc) is 3.25. The Morgan fingerprint density at radius 3 is 2.64 bits per heavy atom. The second-order valence-electron chi connectivity index (χ2n) is 8.73. The maximum atomic E-state index is 12.7. The van der Waals surface area contributed by atoms with E-state index in [1.165, 1.54) is 28.7 Å². The number of nitrogens with zero attached hydrogens (tertiary/aromatic N) is 2. The Balaban J connectivity index is 2.04. The van der Waals surface area contributed by atoms with E-state index in [9.17, 15) is 4.79 Å². The predicted octanol–water partition coefficient (Wildman–Crippen LogP) is 5.29. The van der Waals surface area contributed by atoms with E-state index in [1.54, 1.807) is 6.92 Å². The largest absolute Gasteiger partial charge is 0.360 e. The Bertz CT molecular complexity index is 1010. The lowest BCUT2D eigenvalue weighted by atomic mass is 9.88. The van der Waals surface area contributed by atoms with Crippen LogP contribution >= 0.6 is 11.3 Å². The van der Waals surface area contributed by atoms with Crippen LogP contribution in [-0.2, 0) is 22.4 Å². The Hall–Kier alpha value is -1.85. The molecule has 0 fully saturated rings. The number of rotatable bonds is 4. The van der Waals surface area contributed by atoms with Crippen molar-refractivity contribution in [3.05, 3.63) is 39.4 Å². The molecule has 5 heteroatoms. The van der Waals surface area contributed by atoms with E-state index in [4.69, 9.17) is 14.7 Å². The molecule has 28 heavy (non-hydrogen) atoms. The lowest BCUT2D eigenvalue weighted by molar-refractivity contribution is -0.138. The van der Waals surface area contributed by atoms with E-state index in [2.05, 4.69) is 12.2 Å². The van der Waals surface area contributed by atoms with Crippen molar-refractivity contribution in [2.75, 3.05) is 6.54 Å². The third-order valence-corrected chi connectivity index (χ3v) is 6.52. The van der Waals surface area contributed by atoms with Gasteiger partial charge in [0.1, 0.15) is 10.9 Å². The topological polar surface area (TPSA) is 51.5 Å². The number of ether oxygens (including phenoxy) is 1. The highest BCUT2D eigenvalue weighted by Gasteiger charge is 2.33. The maximum Gasteiger partial charge on any atom is 0.163 e. The predicted molar refractivity (Wildman–Crippen MR) is 116 cm³/mol. The first-order valence-electron chi connectivity index (χ1n) is 10.1. The van der Waals surface area contributed by atoms with Gasteiger partial charge in [0.05, 0.1) is 17.9 Å². The molecule has 0 spiro atoms. The molecule has 2 aliphatic rings. The van der Waals surface area contributed by atoms with Crippen molar-refractivity contribution >= 4 is 33.0 Å². The molecule has 0 radical (unpaired) electrons. The van der Waals surface area contributed by atoms with E-state index in [0.29, 0.717) is 6.54 Å². The van der Waals surface area contributed by atoms with Gasteiger partial charge in [-0.25, -0.2) is 4.98 Å². The summed E-state index contributed by atoms with van der Waals surface area (Å²) < 4.78 is 6.27. The molecule has 1 aliphatic carbocycles. The number of aryl methyl sites for hydroxylation is 3. The number of allylic oxidation sites excluding steroid dienone is 1. The summed E-state index contributed by atoms with van der Waals surface area (Å²) in [5.74, 6) is 0.00657. The lowest BCUT2D eigenvalue weighted by Crippen LogP contribution is -2.28. The van der Waals surface area contributed by atoms with Crippen LogP contribution in [0.3, 0.4) is 0 Å². The van der Waals surface area contributed by atoms with Gasteiger partial charge < -0.3 is 4.74 Å². The molecule has 4 rings (SSSR count). The number of hydrogen-bond donors (Lipinski definition) is 0. The molecule has 0 saturated heterocycles. The number of thiophene rings is 1. The standard InChI is InChI=1S/C23H28N2O2S/c1-13-18(21(14(2)26)27-23(3,4)5)20(16-10-8-12-24-16)19-15-9-6-7-11-17(15)28-22(19)25-13/h8,10,21H,6-7,9,11-12H2,1-5H3. The summed E-state index contributed by atoms with van der Waals surface area (Å²) in [5, 5.41) is 1.20. The van der Waals surface area contributed by atoms with Crippen LogP contribution in [0.5, 0.6) is 0 Å². The van der Waals surface area contributed by atoms with Crippen LogP contribution in [0.1, 0.15) is 73.9 Å². The summed E-state index contributed by atoms with van der Waals surface area (Å²) in [6.45, 7) is 10.3. The Morgan fingerprint density at radius 2 is 2.00 bits per heavy atom. The average molecular weight is 397 g/mol. The normalized spacial score (nSPS) is 17.7. The number of Topliss-reactive ketones (excluding diaryl/α,β-unsaturated/α-hetero) is 1. The summed E-state index contributed by atoms with van der Waals surface area (Å²) >= 11 is 1.81. The van der Waals surface area contributed by atoms with Crippen molar-refractivity contribution in [3.8, 4) is 0 Å². The van der Waals surface area contributed by atoms with E-state index < -0.39 is 11.7 Å². The second kappa shape index (κ2) is 7.20. The highest BCUT2D eigenvalue weighted by Crippen LogP contribution is 2.42. The number of ketones is 1. The first kappa shape index (κ1) is 19.5. The maximum absolute atomic E-state index is 12.7. The number of hydrogen-bond acceptors (Lipinski definition) is 5. The summed E-state index contributed by atoms with van der Waals surface area (Å²) in [5.41, 5.74) is 4.77. The van der Waals surface area contributed by atoms with Crippen LogP contribution in [0.15, 0.2) is 17.1 Å². The molecule has 0 amide bonds. The van der Waals surface area contributed by atoms with Gasteiger partial charge in [0.25, 0.3) is 0 Å². The van der Waals surface area contributed by atoms with Crippen LogP contribution in [0.4, 0.5) is 0 Å². The highest BCUT2D eigenvalue weighted by molar-refractivity contribution is 7.19. The first-order valence-corrected chi connectivity index (χ1v) is 10.9. The number of pyridine rings is 1. The zero-order valence-corrected chi connectivity index (χ0v) is 18.2. The van der Waals surface area contributed by atoms with Gasteiger partial charge in [-0.3, -0.25) is 9.79 Å². The highest BCUT2D eigenvalue weighted by atomic mass is 32.1. The van der Waals surface area contributed by atoms with Gasteiger partial charge in [-0.05, 0) is 71.9 Å². The number of aromatic nitrogens is 1. The molecule has 0 bridgehead atoms. The molecule has 0 aromatic carbocycles. The van der Waals surface area contributed by atoms with Gasteiger partial charge in [-0.1, -0.05) is 6.08 Å². The fourth-order valence-corrected chi connectivity index (χ4v) is 5.55. The van der Waals surface area contributed by atoms with E-state index >= 15 is 0 Å². The van der Waals surface area contributed by atoms with Crippen molar-refractivity contribution in [2.45, 2.75) is 72.0 Å². The molecule has 0 N–H and O–H groups in total. The molecule has 2 aromatic rings. The van der Waals surface area contributed by atoms with Gasteiger partial charge >= 0.3 is 0 Å². The molecule has 1 unspecified atom stereocenters. The van der Waals surface area contributed by atoms with Crippen LogP contribution in [0, 0.1) is 6.92 Å². The van der Waals surface area contributed by atoms with Crippen molar-refractivity contribution in [1.82, 2.24) is 4.98 Å². The van der Waals surface area contributed by atoms with E-state index in [0.717, 1.165) is 40.2 Å². The SMILES string of the molecule is CC(=O)C(OC(C)(C)C)c1c(C)nc2sc3c(c2c1C1=NCC=C1)CCCC3. The molecular weight excluding hydrogens is 368 g/mol. The summed E-state index contributed by atoms with van der Waals surface area (Å²) in [6.07, 6.45) is 8.17. The first-order chi connectivity index (χ1) is 13.3. The fourth-order valence-electron chi connectivity index (χ4n) is 4.23. The fraction of sp³-hybridized carbons (Fsp3) is 0.522. The van der Waals surface area contributed by atoms with Crippen LogP contribution in [0.25, 0.3) is 10.2 Å². The quantitative estimate of drug-likeness (QED) is 0.706. The molecule has 3 heterocycles. The summed E-state index contributed by atoms with van der Waals surface area (Å²) in [4.78, 5) is 24.9. The van der Waals surface area contributed by atoms with Crippen LogP contribution < -0.4 is 0 Å². The van der Waals surface area contributed by atoms with Gasteiger partial charge in [0.2, 0.25) is 0 Å². The van der Waals surface area contributed by atoms with Gasteiger partial charge in [-0.2, -0.15) is 0 Å². The minimum Gasteiger partial charge on any atom is -0.360 e. The number of aliphatic imine (C=N–C) groups is 1. The van der Waals surface area contributed by atoms with Crippen molar-refractivity contribution in [1.29, 1.82) is 0 Å². The van der Waals surface area contributed by atoms with E-state index in [-0.39, 0.29) is 5.78 Å². The number of carbonyl (C=O) groups excluding carboxylic acids is 1. The van der Waals surface area contributed by atoms with E-state index in [1.807, 2.05) is 39.0 Å².